The molecule has 0 aliphatic rings. The van der Waals surface area contributed by atoms with Crippen LogP contribution in [-0.4, -0.2) is 29.0 Å². The number of amides is 3. The van der Waals surface area contributed by atoms with Gasteiger partial charge in [-0.3, -0.25) is 19.8 Å². The standard InChI is InChI=1S/C26H23BrN4O4/c1-2-35-21-11-9-20(10-12-21)29-24(32)23-15-18-14-19(27)8-13-22(18)31(23)30-26(34)25(33)28-16-17-6-4-3-5-7-17/h3-15H,2,16H2,1H3,(H,28,33)(H,29,32)(H,30,34). The Morgan fingerprint density at radius 3 is 2.37 bits per heavy atom. The van der Waals surface area contributed by atoms with Crippen molar-refractivity contribution in [2.75, 3.05) is 17.3 Å². The monoisotopic (exact) mass is 534 g/mol. The van der Waals surface area contributed by atoms with Gasteiger partial charge in [-0.1, -0.05) is 46.3 Å². The highest BCUT2D eigenvalue weighted by Crippen LogP contribution is 2.24. The summed E-state index contributed by atoms with van der Waals surface area (Å²) in [6.07, 6.45) is 0. The number of carbonyl (C=O) groups excluding carboxylic acids is 3. The largest absolute Gasteiger partial charge is 0.494 e. The number of carbonyl (C=O) groups is 3. The van der Waals surface area contributed by atoms with Gasteiger partial charge in [-0.2, -0.15) is 0 Å². The van der Waals surface area contributed by atoms with Gasteiger partial charge in [-0.25, -0.2) is 4.68 Å². The zero-order valence-electron chi connectivity index (χ0n) is 18.9. The molecule has 0 saturated heterocycles. The lowest BCUT2D eigenvalue weighted by molar-refractivity contribution is -0.136. The second-order valence-electron chi connectivity index (χ2n) is 7.59. The van der Waals surface area contributed by atoms with Crippen molar-refractivity contribution in [1.82, 2.24) is 9.99 Å². The summed E-state index contributed by atoms with van der Waals surface area (Å²) in [5, 5.41) is 6.11. The van der Waals surface area contributed by atoms with E-state index in [0.717, 1.165) is 10.0 Å². The third-order valence-electron chi connectivity index (χ3n) is 5.13. The highest BCUT2D eigenvalue weighted by Gasteiger charge is 2.21. The number of nitrogens with one attached hydrogen (secondary N) is 3. The minimum absolute atomic E-state index is 0.163. The molecule has 4 aromatic rings. The van der Waals surface area contributed by atoms with Gasteiger partial charge >= 0.3 is 11.8 Å². The first-order valence-electron chi connectivity index (χ1n) is 10.9. The molecule has 1 aromatic heterocycles. The van der Waals surface area contributed by atoms with Gasteiger partial charge in [0.25, 0.3) is 5.91 Å². The van der Waals surface area contributed by atoms with E-state index in [-0.39, 0.29) is 12.2 Å². The van der Waals surface area contributed by atoms with Crippen molar-refractivity contribution < 1.29 is 19.1 Å². The number of benzene rings is 3. The minimum atomic E-state index is -0.892. The number of anilines is 1. The molecular weight excluding hydrogens is 512 g/mol. The molecule has 0 bridgehead atoms. The quantitative estimate of drug-likeness (QED) is 0.305. The van der Waals surface area contributed by atoms with Crippen LogP contribution < -0.4 is 20.8 Å². The molecule has 0 atom stereocenters. The first-order valence-corrected chi connectivity index (χ1v) is 11.7. The van der Waals surface area contributed by atoms with E-state index in [4.69, 9.17) is 4.74 Å². The molecule has 3 N–H and O–H groups in total. The Balaban J connectivity index is 1.54. The maximum atomic E-state index is 13.1. The topological polar surface area (TPSA) is 101 Å². The molecule has 0 aliphatic carbocycles. The molecule has 9 heteroatoms. The molecule has 35 heavy (non-hydrogen) atoms. The first-order chi connectivity index (χ1) is 16.9. The molecule has 0 fully saturated rings. The van der Waals surface area contributed by atoms with E-state index in [0.29, 0.717) is 28.9 Å². The Morgan fingerprint density at radius 1 is 0.914 bits per heavy atom. The van der Waals surface area contributed by atoms with Gasteiger partial charge in [-0.05, 0) is 61.0 Å². The molecule has 4 rings (SSSR count). The number of hydrogen-bond donors (Lipinski definition) is 3. The number of ether oxygens (including phenoxy) is 1. The van der Waals surface area contributed by atoms with Crippen molar-refractivity contribution in [2.24, 2.45) is 0 Å². The highest BCUT2D eigenvalue weighted by atomic mass is 79.9. The smallest absolute Gasteiger partial charge is 0.328 e. The molecular formula is C26H23BrN4O4. The third-order valence-corrected chi connectivity index (χ3v) is 5.63. The molecule has 0 spiro atoms. The molecule has 178 valence electrons. The summed E-state index contributed by atoms with van der Waals surface area (Å²) in [5.41, 5.74) is 4.70. The summed E-state index contributed by atoms with van der Waals surface area (Å²) in [7, 11) is 0. The van der Waals surface area contributed by atoms with Gasteiger partial charge in [0.1, 0.15) is 11.4 Å². The Hall–Kier alpha value is -4.11. The van der Waals surface area contributed by atoms with Crippen molar-refractivity contribution in [2.45, 2.75) is 13.5 Å². The van der Waals surface area contributed by atoms with Crippen molar-refractivity contribution in [1.29, 1.82) is 0 Å². The Morgan fingerprint density at radius 2 is 1.66 bits per heavy atom. The molecule has 0 unspecified atom stereocenters. The highest BCUT2D eigenvalue weighted by molar-refractivity contribution is 9.10. The van der Waals surface area contributed by atoms with E-state index in [2.05, 4.69) is 32.0 Å². The molecule has 1 heterocycles. The summed E-state index contributed by atoms with van der Waals surface area (Å²) in [6, 6.07) is 23.2. The van der Waals surface area contributed by atoms with Crippen molar-refractivity contribution in [3.05, 3.63) is 94.6 Å². The van der Waals surface area contributed by atoms with Gasteiger partial charge in [-0.15, -0.1) is 0 Å². The van der Waals surface area contributed by atoms with Crippen LogP contribution in [0.2, 0.25) is 0 Å². The zero-order chi connectivity index (χ0) is 24.8. The maximum absolute atomic E-state index is 13.1. The number of fused-ring (bicyclic) bond motifs is 1. The van der Waals surface area contributed by atoms with E-state index in [1.807, 2.05) is 43.3 Å². The fourth-order valence-electron chi connectivity index (χ4n) is 3.48. The first kappa shape index (κ1) is 24.0. The maximum Gasteiger partial charge on any atom is 0.328 e. The lowest BCUT2D eigenvalue weighted by atomic mass is 10.2. The molecule has 3 aromatic carbocycles. The fraction of sp³-hybridized carbons (Fsp3) is 0.115. The average molecular weight is 535 g/mol. The third kappa shape index (κ3) is 5.88. The van der Waals surface area contributed by atoms with Gasteiger partial charge in [0.2, 0.25) is 0 Å². The summed E-state index contributed by atoms with van der Waals surface area (Å²) < 4.78 is 7.56. The number of halogens is 1. The summed E-state index contributed by atoms with van der Waals surface area (Å²) in [4.78, 5) is 38.2. The summed E-state index contributed by atoms with van der Waals surface area (Å²) >= 11 is 3.42. The lowest BCUT2D eigenvalue weighted by Crippen LogP contribution is -2.39. The van der Waals surface area contributed by atoms with Crippen LogP contribution in [-0.2, 0) is 16.1 Å². The predicted octanol–water partition coefficient (Wildman–Crippen LogP) is 4.44. The van der Waals surface area contributed by atoms with Gasteiger partial charge in [0.05, 0.1) is 12.1 Å². The molecule has 0 radical (unpaired) electrons. The molecule has 0 aliphatic heterocycles. The molecule has 8 nitrogen and oxygen atoms in total. The van der Waals surface area contributed by atoms with Crippen LogP contribution in [0.4, 0.5) is 5.69 Å². The van der Waals surface area contributed by atoms with Crippen molar-refractivity contribution >= 4 is 50.2 Å². The molecule has 0 saturated carbocycles. The SMILES string of the molecule is CCOc1ccc(NC(=O)c2cc3cc(Br)ccc3n2NC(=O)C(=O)NCc2ccccc2)cc1. The summed E-state index contributed by atoms with van der Waals surface area (Å²) in [5.74, 6) is -1.47. The van der Waals surface area contributed by atoms with Gasteiger partial charge < -0.3 is 15.4 Å². The fourth-order valence-corrected chi connectivity index (χ4v) is 3.86. The van der Waals surface area contributed by atoms with E-state index in [9.17, 15) is 14.4 Å². The Bertz CT molecular complexity index is 1370. The Kier molecular flexibility index (Phi) is 7.47. The number of aromatic nitrogens is 1. The second kappa shape index (κ2) is 10.9. The van der Waals surface area contributed by atoms with Crippen LogP contribution in [0.1, 0.15) is 23.0 Å². The Labute approximate surface area is 210 Å². The predicted molar refractivity (Wildman–Crippen MR) is 138 cm³/mol. The number of rotatable bonds is 7. The van der Waals surface area contributed by atoms with Gasteiger partial charge in [0, 0.05) is 22.1 Å². The van der Waals surface area contributed by atoms with Crippen molar-refractivity contribution in [3.63, 3.8) is 0 Å². The number of nitrogens with zero attached hydrogens (tertiary/aromatic N) is 1. The van der Waals surface area contributed by atoms with Crippen molar-refractivity contribution in [3.8, 4) is 5.75 Å². The minimum Gasteiger partial charge on any atom is -0.494 e. The lowest BCUT2D eigenvalue weighted by Gasteiger charge is -2.13. The summed E-state index contributed by atoms with van der Waals surface area (Å²) in [6.45, 7) is 2.64. The molecule has 3 amide bonds. The van der Waals surface area contributed by atoms with Crippen LogP contribution >= 0.6 is 15.9 Å². The van der Waals surface area contributed by atoms with E-state index in [1.54, 1.807) is 42.5 Å². The van der Waals surface area contributed by atoms with Crippen LogP contribution in [0.25, 0.3) is 10.9 Å². The van der Waals surface area contributed by atoms with E-state index in [1.165, 1.54) is 4.68 Å². The van der Waals surface area contributed by atoms with Gasteiger partial charge in [0.15, 0.2) is 0 Å². The second-order valence-corrected chi connectivity index (χ2v) is 8.50. The zero-order valence-corrected chi connectivity index (χ0v) is 20.5. The van der Waals surface area contributed by atoms with Crippen LogP contribution in [0.5, 0.6) is 5.75 Å². The van der Waals surface area contributed by atoms with Crippen LogP contribution in [0, 0.1) is 0 Å². The van der Waals surface area contributed by atoms with Crippen LogP contribution in [0.15, 0.2) is 83.3 Å². The normalized spacial score (nSPS) is 10.6. The van der Waals surface area contributed by atoms with Crippen LogP contribution in [0.3, 0.4) is 0 Å². The van der Waals surface area contributed by atoms with E-state index >= 15 is 0 Å². The average Bonchev–Trinajstić information content (AvgIpc) is 3.21. The van der Waals surface area contributed by atoms with E-state index < -0.39 is 17.7 Å². The number of hydrogen-bond acceptors (Lipinski definition) is 4.